The van der Waals surface area contributed by atoms with Crippen molar-refractivity contribution < 1.29 is 9.53 Å². The van der Waals surface area contributed by atoms with Crippen molar-refractivity contribution in [3.8, 4) is 0 Å². The number of nitrogen functional groups attached to an aromatic ring is 1. The van der Waals surface area contributed by atoms with Crippen LogP contribution in [0.15, 0.2) is 32.8 Å². The van der Waals surface area contributed by atoms with E-state index in [2.05, 4.69) is 4.98 Å². The number of nitrogens with zero attached hydrogens (tertiary/aromatic N) is 1. The first kappa shape index (κ1) is 13.9. The fourth-order valence-electron chi connectivity index (χ4n) is 1.46. The third-order valence-corrected chi connectivity index (χ3v) is 4.37. The quantitative estimate of drug-likeness (QED) is 0.692. The van der Waals surface area contributed by atoms with Crippen molar-refractivity contribution in [3.63, 3.8) is 0 Å². The topological polar surface area (TPSA) is 65.2 Å². The number of nitrogens with two attached hydrogens (primary N) is 1. The number of anilines is 1. The summed E-state index contributed by atoms with van der Waals surface area (Å²) in [6, 6.07) is 5.34. The number of aromatic nitrogens is 1. The molecule has 2 aromatic rings. The summed E-state index contributed by atoms with van der Waals surface area (Å²) in [5.41, 5.74) is 7.62. The smallest absolute Gasteiger partial charge is 0.340 e. The zero-order valence-corrected chi connectivity index (χ0v) is 12.3. The molecule has 0 amide bonds. The molecule has 2 rings (SSSR count). The van der Waals surface area contributed by atoms with Crippen LogP contribution in [0.3, 0.4) is 0 Å². The average Bonchev–Trinajstić information content (AvgIpc) is 2.77. The van der Waals surface area contributed by atoms with Gasteiger partial charge in [-0.15, -0.1) is 11.3 Å². The molecule has 0 radical (unpaired) electrons. The first-order chi connectivity index (χ1) is 9.10. The third-order valence-electron chi connectivity index (χ3n) is 2.32. The van der Waals surface area contributed by atoms with Crippen molar-refractivity contribution in [3.05, 3.63) is 34.8 Å². The van der Waals surface area contributed by atoms with Gasteiger partial charge in [-0.2, -0.15) is 0 Å². The van der Waals surface area contributed by atoms with E-state index in [4.69, 9.17) is 10.5 Å². The van der Waals surface area contributed by atoms with Crippen LogP contribution in [-0.2, 0) is 4.74 Å². The van der Waals surface area contributed by atoms with E-state index in [1.54, 1.807) is 30.4 Å². The second kappa shape index (κ2) is 6.08. The zero-order valence-electron chi connectivity index (χ0n) is 10.7. The molecule has 0 saturated carbocycles. The molecule has 100 valence electrons. The number of hydrogen-bond donors (Lipinski definition) is 1. The summed E-state index contributed by atoms with van der Waals surface area (Å²) in [6.07, 6.45) is 0. The second-order valence-electron chi connectivity index (χ2n) is 3.83. The van der Waals surface area contributed by atoms with Crippen LogP contribution in [0.1, 0.15) is 23.0 Å². The first-order valence-electron chi connectivity index (χ1n) is 5.76. The Hall–Kier alpha value is -1.53. The lowest BCUT2D eigenvalue weighted by atomic mass is 10.2. The lowest BCUT2D eigenvalue weighted by Gasteiger charge is -2.07. The molecule has 0 bridgehead atoms. The summed E-state index contributed by atoms with van der Waals surface area (Å²) in [7, 11) is 0. The molecule has 1 aromatic carbocycles. The predicted molar refractivity (Wildman–Crippen MR) is 77.8 cm³/mol. The normalized spacial score (nSPS) is 10.4. The van der Waals surface area contributed by atoms with Crippen molar-refractivity contribution >= 4 is 34.8 Å². The summed E-state index contributed by atoms with van der Waals surface area (Å²) >= 11 is 3.09. The molecule has 0 unspecified atom stereocenters. The number of thiazole rings is 1. The Labute approximate surface area is 120 Å². The molecule has 2 N–H and O–H groups in total. The van der Waals surface area contributed by atoms with Gasteiger partial charge >= 0.3 is 5.97 Å². The van der Waals surface area contributed by atoms with Gasteiger partial charge in [0.25, 0.3) is 0 Å². The summed E-state index contributed by atoms with van der Waals surface area (Å²) in [6.45, 7) is 4.06. The van der Waals surface area contributed by atoms with Crippen molar-refractivity contribution in [1.29, 1.82) is 0 Å². The highest BCUT2D eigenvalue weighted by Gasteiger charge is 2.12. The van der Waals surface area contributed by atoms with Crippen molar-refractivity contribution in [2.75, 3.05) is 12.3 Å². The van der Waals surface area contributed by atoms with E-state index >= 15 is 0 Å². The van der Waals surface area contributed by atoms with Gasteiger partial charge in [0.05, 0.1) is 12.2 Å². The maximum absolute atomic E-state index is 11.7. The molecule has 4 nitrogen and oxygen atoms in total. The molecule has 0 saturated heterocycles. The Kier molecular flexibility index (Phi) is 4.44. The van der Waals surface area contributed by atoms with Gasteiger partial charge in [-0.3, -0.25) is 0 Å². The Morgan fingerprint density at radius 1 is 1.53 bits per heavy atom. The van der Waals surface area contributed by atoms with Gasteiger partial charge in [0.1, 0.15) is 0 Å². The van der Waals surface area contributed by atoms with E-state index < -0.39 is 5.97 Å². The molecular weight excluding hydrogens is 280 g/mol. The molecule has 0 aliphatic carbocycles. The van der Waals surface area contributed by atoms with E-state index in [0.29, 0.717) is 17.9 Å². The number of rotatable bonds is 4. The molecule has 1 aromatic heterocycles. The molecule has 0 aliphatic heterocycles. The Balaban J connectivity index is 2.23. The highest BCUT2D eigenvalue weighted by molar-refractivity contribution is 8.01. The van der Waals surface area contributed by atoms with E-state index in [9.17, 15) is 4.79 Å². The molecular formula is C13H14N2O2S2. The zero-order chi connectivity index (χ0) is 13.8. The van der Waals surface area contributed by atoms with Crippen LogP contribution in [-0.4, -0.2) is 17.6 Å². The number of hydrogen-bond acceptors (Lipinski definition) is 6. The van der Waals surface area contributed by atoms with Crippen molar-refractivity contribution in [2.24, 2.45) is 0 Å². The van der Waals surface area contributed by atoms with Gasteiger partial charge in [0, 0.05) is 21.7 Å². The van der Waals surface area contributed by atoms with Crippen LogP contribution >= 0.6 is 23.1 Å². The summed E-state index contributed by atoms with van der Waals surface area (Å²) in [5, 5.41) is 1.99. The summed E-state index contributed by atoms with van der Waals surface area (Å²) in [5.74, 6) is -0.391. The molecule has 0 fully saturated rings. The minimum Gasteiger partial charge on any atom is -0.462 e. The minimum absolute atomic E-state index is 0.335. The standard InChI is InChI=1S/C13H14N2O2S2/c1-3-17-12(16)10-6-9(4-5-11(10)14)19-13-15-8(2)7-18-13/h4-7H,3,14H2,1-2H3. The summed E-state index contributed by atoms with van der Waals surface area (Å²) in [4.78, 5) is 17.0. The van der Waals surface area contributed by atoms with Gasteiger partial charge in [-0.1, -0.05) is 11.8 Å². The number of aryl methyl sites for hydroxylation is 1. The molecule has 0 aliphatic rings. The fraction of sp³-hybridized carbons (Fsp3) is 0.231. The summed E-state index contributed by atoms with van der Waals surface area (Å²) < 4.78 is 5.92. The Bertz CT molecular complexity index is 596. The van der Waals surface area contributed by atoms with Gasteiger partial charge in [-0.25, -0.2) is 9.78 Å². The molecule has 1 heterocycles. The molecule has 6 heteroatoms. The SMILES string of the molecule is CCOC(=O)c1cc(Sc2nc(C)cs2)ccc1N. The van der Waals surface area contributed by atoms with Crippen LogP contribution < -0.4 is 5.73 Å². The molecule has 19 heavy (non-hydrogen) atoms. The van der Waals surface area contributed by atoms with Gasteiger partial charge in [-0.05, 0) is 32.0 Å². The monoisotopic (exact) mass is 294 g/mol. The molecule has 0 spiro atoms. The highest BCUT2D eigenvalue weighted by atomic mass is 32.2. The largest absolute Gasteiger partial charge is 0.462 e. The van der Waals surface area contributed by atoms with Crippen LogP contribution in [0.4, 0.5) is 5.69 Å². The highest BCUT2D eigenvalue weighted by Crippen LogP contribution is 2.32. The fourth-order valence-corrected chi connectivity index (χ4v) is 3.31. The number of esters is 1. The third kappa shape index (κ3) is 3.48. The van der Waals surface area contributed by atoms with Crippen LogP contribution in [0.25, 0.3) is 0 Å². The van der Waals surface area contributed by atoms with Crippen LogP contribution in [0.2, 0.25) is 0 Å². The van der Waals surface area contributed by atoms with Gasteiger partial charge in [0.2, 0.25) is 0 Å². The average molecular weight is 294 g/mol. The lowest BCUT2D eigenvalue weighted by Crippen LogP contribution is -2.07. The minimum atomic E-state index is -0.391. The van der Waals surface area contributed by atoms with Crippen molar-refractivity contribution in [2.45, 2.75) is 23.1 Å². The first-order valence-corrected chi connectivity index (χ1v) is 7.46. The van der Waals surface area contributed by atoms with E-state index in [1.807, 2.05) is 18.4 Å². The van der Waals surface area contributed by atoms with Crippen LogP contribution in [0, 0.1) is 6.92 Å². The lowest BCUT2D eigenvalue weighted by molar-refractivity contribution is 0.0527. The number of carbonyl (C=O) groups is 1. The van der Waals surface area contributed by atoms with E-state index in [1.165, 1.54) is 11.8 Å². The van der Waals surface area contributed by atoms with E-state index in [0.717, 1.165) is 14.9 Å². The Morgan fingerprint density at radius 2 is 2.32 bits per heavy atom. The number of benzene rings is 1. The predicted octanol–water partition coefficient (Wildman–Crippen LogP) is 3.36. The second-order valence-corrected chi connectivity index (χ2v) is 6.01. The maximum atomic E-state index is 11.7. The maximum Gasteiger partial charge on any atom is 0.340 e. The van der Waals surface area contributed by atoms with E-state index in [-0.39, 0.29) is 0 Å². The van der Waals surface area contributed by atoms with Gasteiger partial charge in [0.15, 0.2) is 4.34 Å². The number of carbonyl (C=O) groups excluding carboxylic acids is 1. The van der Waals surface area contributed by atoms with Crippen LogP contribution in [0.5, 0.6) is 0 Å². The van der Waals surface area contributed by atoms with Crippen molar-refractivity contribution in [1.82, 2.24) is 4.98 Å². The Morgan fingerprint density at radius 3 is 2.95 bits per heavy atom. The molecule has 0 atom stereocenters. The van der Waals surface area contributed by atoms with Gasteiger partial charge < -0.3 is 10.5 Å². The number of ether oxygens (including phenoxy) is 1.